The van der Waals surface area contributed by atoms with E-state index in [-0.39, 0.29) is 41.7 Å². The molecule has 7 rings (SSSR count). The summed E-state index contributed by atoms with van der Waals surface area (Å²) < 4.78 is 89.6. The molecule has 1 unspecified atom stereocenters. The average molecular weight is 986 g/mol. The maximum atomic E-state index is 16.2. The first-order valence-corrected chi connectivity index (χ1v) is 24.7. The Labute approximate surface area is 397 Å². The standard InChI is InChI=1S/C46H51N9O10S3/c1-46(2,3)65-45(57)48-24-32(28-56)51-67(58,59)39-23-22-36(37-8-7-9-38-41(37)49-44(47)66-38)40(43-50-52-53-55(43)27-31-14-20-35(64-6)21-15-31)42(39)68(60,61)54(25-29-10-16-33(62-4)17-11-29)26-30-12-18-34(63-5)19-13-30/h7-23,32,51,56H,24-28H2,1-6H3,(H2,47,49)(H,48,57). The third-order valence-electron chi connectivity index (χ3n) is 10.5. The van der Waals surface area contributed by atoms with Crippen LogP contribution in [0.4, 0.5) is 9.93 Å². The van der Waals surface area contributed by atoms with Gasteiger partial charge in [-0.1, -0.05) is 65.9 Å². The number of nitrogens with one attached hydrogen (secondary N) is 2. The molecule has 0 radical (unpaired) electrons. The number of carbonyl (C=O) groups excluding carboxylic acids is 1. The van der Waals surface area contributed by atoms with Crippen LogP contribution in [0, 0.1) is 0 Å². The lowest BCUT2D eigenvalue weighted by Crippen LogP contribution is -2.47. The van der Waals surface area contributed by atoms with E-state index in [0.29, 0.717) is 49.7 Å². The summed E-state index contributed by atoms with van der Waals surface area (Å²) in [4.78, 5) is 15.9. The Morgan fingerprint density at radius 3 is 1.93 bits per heavy atom. The first kappa shape index (κ1) is 49.2. The summed E-state index contributed by atoms with van der Waals surface area (Å²) in [7, 11) is -5.43. The first-order chi connectivity index (χ1) is 32.4. The zero-order valence-corrected chi connectivity index (χ0v) is 40.5. The van der Waals surface area contributed by atoms with Crippen molar-refractivity contribution in [2.45, 2.75) is 61.8 Å². The number of hydrogen-bond donors (Lipinski definition) is 4. The number of nitrogens with zero attached hydrogens (tertiary/aromatic N) is 6. The van der Waals surface area contributed by atoms with Gasteiger partial charge in [0.25, 0.3) is 0 Å². The third kappa shape index (κ3) is 11.3. The molecule has 5 aromatic carbocycles. The predicted molar refractivity (Wildman–Crippen MR) is 256 cm³/mol. The summed E-state index contributed by atoms with van der Waals surface area (Å²) in [6.07, 6.45) is -0.863. The van der Waals surface area contributed by atoms with Gasteiger partial charge in [-0.15, -0.1) is 5.10 Å². The molecular formula is C46H51N9O10S3. The van der Waals surface area contributed by atoms with Crippen molar-refractivity contribution in [3.05, 3.63) is 120 Å². The van der Waals surface area contributed by atoms with E-state index in [9.17, 15) is 9.90 Å². The Morgan fingerprint density at radius 2 is 1.38 bits per heavy atom. The molecule has 358 valence electrons. The number of fused-ring (bicyclic) bond motifs is 1. The van der Waals surface area contributed by atoms with E-state index in [1.54, 1.807) is 106 Å². The molecular weight excluding hydrogens is 935 g/mol. The van der Waals surface area contributed by atoms with E-state index in [0.717, 1.165) is 4.31 Å². The van der Waals surface area contributed by atoms with Crippen molar-refractivity contribution in [2.24, 2.45) is 0 Å². The van der Waals surface area contributed by atoms with Crippen molar-refractivity contribution < 1.29 is 45.7 Å². The van der Waals surface area contributed by atoms with Crippen molar-refractivity contribution >= 4 is 52.8 Å². The molecule has 2 aromatic heterocycles. The molecule has 1 atom stereocenters. The lowest BCUT2D eigenvalue weighted by molar-refractivity contribution is 0.0519. The molecule has 0 bridgehead atoms. The van der Waals surface area contributed by atoms with Gasteiger partial charge in [-0.3, -0.25) is 0 Å². The molecule has 0 saturated carbocycles. The summed E-state index contributed by atoms with van der Waals surface area (Å²) in [6, 6.07) is 27.2. The van der Waals surface area contributed by atoms with Gasteiger partial charge in [0, 0.05) is 25.2 Å². The number of aliphatic hydroxyl groups excluding tert-OH is 1. The van der Waals surface area contributed by atoms with E-state index in [2.05, 4.69) is 30.5 Å². The van der Waals surface area contributed by atoms with Gasteiger partial charge in [-0.05, 0) is 102 Å². The number of hydrogen-bond acceptors (Lipinski definition) is 16. The van der Waals surface area contributed by atoms with Crippen molar-refractivity contribution in [1.29, 1.82) is 0 Å². The minimum absolute atomic E-state index is 0.0126. The number of ether oxygens (including phenoxy) is 4. The van der Waals surface area contributed by atoms with Crippen LogP contribution in [0.3, 0.4) is 0 Å². The van der Waals surface area contributed by atoms with E-state index in [4.69, 9.17) is 24.7 Å². The predicted octanol–water partition coefficient (Wildman–Crippen LogP) is 5.83. The number of nitrogens with two attached hydrogens (primary N) is 1. The van der Waals surface area contributed by atoms with E-state index in [1.807, 2.05) is 6.07 Å². The summed E-state index contributed by atoms with van der Waals surface area (Å²) >= 11 is 1.22. The van der Waals surface area contributed by atoms with E-state index >= 15 is 16.8 Å². The molecule has 5 N–H and O–H groups in total. The lowest BCUT2D eigenvalue weighted by Gasteiger charge is -2.27. The molecule has 0 aliphatic rings. The Balaban J connectivity index is 1.51. The smallest absolute Gasteiger partial charge is 0.407 e. The number of methoxy groups -OCH3 is 3. The van der Waals surface area contributed by atoms with Crippen LogP contribution in [0.2, 0.25) is 0 Å². The van der Waals surface area contributed by atoms with Gasteiger partial charge in [0.2, 0.25) is 20.0 Å². The highest BCUT2D eigenvalue weighted by Gasteiger charge is 2.39. The maximum Gasteiger partial charge on any atom is 0.407 e. The number of alkyl carbamates (subject to hydrolysis) is 1. The van der Waals surface area contributed by atoms with Gasteiger partial charge in [0.05, 0.1) is 56.3 Å². The number of para-hydroxylation sites is 1. The van der Waals surface area contributed by atoms with Crippen molar-refractivity contribution in [3.8, 4) is 39.8 Å². The van der Waals surface area contributed by atoms with Crippen molar-refractivity contribution in [2.75, 3.05) is 40.2 Å². The van der Waals surface area contributed by atoms with Crippen LogP contribution < -0.4 is 30.0 Å². The molecule has 0 saturated heterocycles. The number of carbonyl (C=O) groups is 1. The molecule has 1 amide bonds. The normalized spacial score (nSPS) is 12.5. The fourth-order valence-electron chi connectivity index (χ4n) is 7.23. The number of thiazole rings is 1. The van der Waals surface area contributed by atoms with Gasteiger partial charge in [-0.25, -0.2) is 36.0 Å². The topological polar surface area (TPSA) is 252 Å². The lowest BCUT2D eigenvalue weighted by atomic mass is 9.98. The molecule has 0 aliphatic carbocycles. The van der Waals surface area contributed by atoms with E-state index in [1.165, 1.54) is 49.5 Å². The van der Waals surface area contributed by atoms with Crippen LogP contribution in [0.1, 0.15) is 37.5 Å². The molecule has 0 spiro atoms. The molecule has 68 heavy (non-hydrogen) atoms. The average Bonchev–Trinajstić information content (AvgIpc) is 3.95. The molecule has 0 fully saturated rings. The summed E-state index contributed by atoms with van der Waals surface area (Å²) in [6.45, 7) is 3.27. The number of sulfonamides is 2. The van der Waals surface area contributed by atoms with E-state index < -0.39 is 60.7 Å². The van der Waals surface area contributed by atoms with Crippen LogP contribution in [-0.4, -0.2) is 104 Å². The number of amides is 1. The highest BCUT2D eigenvalue weighted by Crippen LogP contribution is 2.44. The number of tetrazole rings is 1. The number of aliphatic hydroxyl groups is 1. The number of nitrogen functional groups attached to an aromatic ring is 1. The van der Waals surface area contributed by atoms with Crippen molar-refractivity contribution in [1.82, 2.24) is 39.5 Å². The minimum Gasteiger partial charge on any atom is -0.497 e. The Bertz CT molecular complexity index is 3050. The number of anilines is 1. The largest absolute Gasteiger partial charge is 0.497 e. The second-order valence-electron chi connectivity index (χ2n) is 16.4. The molecule has 19 nitrogen and oxygen atoms in total. The highest BCUT2D eigenvalue weighted by molar-refractivity contribution is 7.92. The molecule has 0 aliphatic heterocycles. The summed E-state index contributed by atoms with van der Waals surface area (Å²) in [5.74, 6) is 1.56. The molecule has 2 heterocycles. The van der Waals surface area contributed by atoms with Crippen molar-refractivity contribution in [3.63, 3.8) is 0 Å². The Morgan fingerprint density at radius 1 is 0.809 bits per heavy atom. The fraction of sp³-hybridized carbons (Fsp3) is 0.283. The number of benzene rings is 5. The van der Waals surface area contributed by atoms with Gasteiger partial charge in [0.15, 0.2) is 11.0 Å². The number of rotatable bonds is 19. The SMILES string of the molecule is COc1ccc(CN(Cc2ccc(OC)cc2)S(=O)(=O)c2c(S(=O)(=O)NC(CO)CNC(=O)OC(C)(C)C)ccc(-c3cccc4sc(N)nc34)c2-c2nnnn2Cc2ccc(OC)cc2)cc1. The van der Waals surface area contributed by atoms with Crippen LogP contribution in [-0.2, 0) is 44.4 Å². The van der Waals surface area contributed by atoms with Gasteiger partial charge < -0.3 is 35.1 Å². The quantitative estimate of drug-likeness (QED) is 0.0744. The molecule has 7 aromatic rings. The highest BCUT2D eigenvalue weighted by atomic mass is 32.2. The minimum atomic E-state index is -5.03. The van der Waals surface area contributed by atoms with Crippen LogP contribution >= 0.6 is 11.3 Å². The molecule has 22 heteroatoms. The summed E-state index contributed by atoms with van der Waals surface area (Å²) in [5, 5.41) is 25.9. The summed E-state index contributed by atoms with van der Waals surface area (Å²) in [5.41, 5.74) is 8.02. The third-order valence-corrected chi connectivity index (χ3v) is 14.9. The monoisotopic (exact) mass is 985 g/mol. The van der Waals surface area contributed by atoms with Crippen LogP contribution in [0.25, 0.3) is 32.7 Å². The van der Waals surface area contributed by atoms with Crippen LogP contribution in [0.15, 0.2) is 113 Å². The number of aromatic nitrogens is 5. The van der Waals surface area contributed by atoms with Gasteiger partial charge in [0.1, 0.15) is 32.6 Å². The second kappa shape index (κ2) is 20.7. The van der Waals surface area contributed by atoms with Gasteiger partial charge >= 0.3 is 6.09 Å². The zero-order chi connectivity index (χ0) is 48.8. The zero-order valence-electron chi connectivity index (χ0n) is 38.0. The Hall–Kier alpha value is -6.69. The Kier molecular flexibility index (Phi) is 15.0. The second-order valence-corrected chi connectivity index (χ2v) is 21.0. The van der Waals surface area contributed by atoms with Gasteiger partial charge in [-0.2, -0.15) is 4.31 Å². The fourth-order valence-corrected chi connectivity index (χ4v) is 11.6. The van der Waals surface area contributed by atoms with Crippen LogP contribution in [0.5, 0.6) is 17.2 Å². The first-order valence-electron chi connectivity index (χ1n) is 21.0. The maximum absolute atomic E-state index is 16.2.